The molecule has 1 aliphatic heterocycles. The van der Waals surface area contributed by atoms with Crippen LogP contribution in [0.2, 0.25) is 0 Å². The van der Waals surface area contributed by atoms with E-state index in [0.29, 0.717) is 13.0 Å². The lowest BCUT2D eigenvalue weighted by Gasteiger charge is -2.37. The summed E-state index contributed by atoms with van der Waals surface area (Å²) in [5, 5.41) is 3.19. The van der Waals surface area contributed by atoms with Crippen LogP contribution in [0.1, 0.15) is 39.5 Å². The topological polar surface area (TPSA) is 64.6 Å². The van der Waals surface area contributed by atoms with Crippen molar-refractivity contribution in [2.24, 2.45) is 0 Å². The molecule has 1 rings (SSSR count). The van der Waals surface area contributed by atoms with E-state index in [1.807, 2.05) is 6.92 Å². The predicted molar refractivity (Wildman–Crippen MR) is 62.4 cm³/mol. The van der Waals surface area contributed by atoms with Crippen LogP contribution in [-0.4, -0.2) is 37.2 Å². The van der Waals surface area contributed by atoms with E-state index in [1.54, 1.807) is 6.92 Å². The first kappa shape index (κ1) is 14.0. The van der Waals surface area contributed by atoms with Crippen LogP contribution in [0.4, 0.5) is 0 Å². The molecule has 0 saturated carbocycles. The predicted octanol–water partition coefficient (Wildman–Crippen LogP) is 1.01. The van der Waals surface area contributed by atoms with E-state index in [1.165, 1.54) is 7.11 Å². The van der Waals surface area contributed by atoms with E-state index in [2.05, 4.69) is 5.32 Å². The van der Waals surface area contributed by atoms with E-state index in [9.17, 15) is 9.59 Å². The Balaban J connectivity index is 2.54. The quantitative estimate of drug-likeness (QED) is 0.747. The van der Waals surface area contributed by atoms with E-state index in [4.69, 9.17) is 9.47 Å². The van der Waals surface area contributed by atoms with Gasteiger partial charge in [-0.25, -0.2) is 0 Å². The molecule has 1 heterocycles. The fourth-order valence-corrected chi connectivity index (χ4v) is 2.26. The minimum absolute atomic E-state index is 0.00750. The molecular formula is C12H21NO4. The SMILES string of the molecule is CCOC(=O)C[C@@H]1CCC[C@@](C)(C(=O)OC)N1. The second-order valence-electron chi connectivity index (χ2n) is 4.57. The molecule has 1 aliphatic rings. The number of carbonyl (C=O) groups excluding carboxylic acids is 2. The molecule has 0 spiro atoms. The van der Waals surface area contributed by atoms with Crippen LogP contribution < -0.4 is 5.32 Å². The maximum atomic E-state index is 11.6. The van der Waals surface area contributed by atoms with Gasteiger partial charge in [-0.1, -0.05) is 0 Å². The Kier molecular flexibility index (Phi) is 4.93. The first-order chi connectivity index (χ1) is 8.01. The third kappa shape index (κ3) is 3.70. The molecule has 0 aromatic heterocycles. The zero-order chi connectivity index (χ0) is 12.9. The van der Waals surface area contributed by atoms with E-state index < -0.39 is 5.54 Å². The third-order valence-electron chi connectivity index (χ3n) is 3.11. The molecule has 0 unspecified atom stereocenters. The normalized spacial score (nSPS) is 28.5. The summed E-state index contributed by atoms with van der Waals surface area (Å²) in [7, 11) is 1.38. The van der Waals surface area contributed by atoms with Crippen LogP contribution in [0, 0.1) is 0 Å². The van der Waals surface area contributed by atoms with Gasteiger partial charge < -0.3 is 9.47 Å². The smallest absolute Gasteiger partial charge is 0.325 e. The van der Waals surface area contributed by atoms with Crippen LogP contribution in [0.15, 0.2) is 0 Å². The number of nitrogens with one attached hydrogen (secondary N) is 1. The van der Waals surface area contributed by atoms with Gasteiger partial charge in [0.2, 0.25) is 0 Å². The maximum absolute atomic E-state index is 11.6. The number of ether oxygens (including phenoxy) is 2. The van der Waals surface area contributed by atoms with Gasteiger partial charge in [0.25, 0.3) is 0 Å². The lowest BCUT2D eigenvalue weighted by Crippen LogP contribution is -2.57. The van der Waals surface area contributed by atoms with E-state index in [0.717, 1.165) is 19.3 Å². The molecule has 98 valence electrons. The van der Waals surface area contributed by atoms with Gasteiger partial charge in [0, 0.05) is 6.04 Å². The lowest BCUT2D eigenvalue weighted by atomic mass is 9.86. The van der Waals surface area contributed by atoms with Gasteiger partial charge in [-0.3, -0.25) is 14.9 Å². The van der Waals surface area contributed by atoms with Crippen molar-refractivity contribution in [3.05, 3.63) is 0 Å². The summed E-state index contributed by atoms with van der Waals surface area (Å²) >= 11 is 0. The van der Waals surface area contributed by atoms with Crippen LogP contribution in [0.3, 0.4) is 0 Å². The maximum Gasteiger partial charge on any atom is 0.325 e. The Morgan fingerprint density at radius 3 is 2.76 bits per heavy atom. The monoisotopic (exact) mass is 243 g/mol. The number of piperidine rings is 1. The molecule has 5 nitrogen and oxygen atoms in total. The summed E-state index contributed by atoms with van der Waals surface area (Å²) in [6.07, 6.45) is 2.83. The molecule has 0 bridgehead atoms. The summed E-state index contributed by atoms with van der Waals surface area (Å²) in [4.78, 5) is 23.0. The largest absolute Gasteiger partial charge is 0.468 e. The highest BCUT2D eigenvalue weighted by Gasteiger charge is 2.39. The van der Waals surface area contributed by atoms with E-state index in [-0.39, 0.29) is 18.0 Å². The van der Waals surface area contributed by atoms with Gasteiger partial charge in [0.05, 0.1) is 20.1 Å². The Hall–Kier alpha value is -1.10. The number of hydrogen-bond donors (Lipinski definition) is 1. The fraction of sp³-hybridized carbons (Fsp3) is 0.833. The van der Waals surface area contributed by atoms with Crippen molar-refractivity contribution >= 4 is 11.9 Å². The fourth-order valence-electron chi connectivity index (χ4n) is 2.26. The molecule has 1 saturated heterocycles. The van der Waals surface area contributed by atoms with Crippen molar-refractivity contribution in [3.63, 3.8) is 0 Å². The van der Waals surface area contributed by atoms with Gasteiger partial charge in [0.15, 0.2) is 0 Å². The first-order valence-corrected chi connectivity index (χ1v) is 6.03. The molecule has 0 aliphatic carbocycles. The van der Waals surface area contributed by atoms with Crippen molar-refractivity contribution in [2.45, 2.75) is 51.1 Å². The molecule has 0 aromatic rings. The summed E-state index contributed by atoms with van der Waals surface area (Å²) < 4.78 is 9.68. The molecule has 17 heavy (non-hydrogen) atoms. The molecular weight excluding hydrogens is 222 g/mol. The van der Waals surface area contributed by atoms with Crippen LogP contribution >= 0.6 is 0 Å². The highest BCUT2D eigenvalue weighted by molar-refractivity contribution is 5.80. The molecule has 1 fully saturated rings. The average molecular weight is 243 g/mol. The molecule has 0 amide bonds. The summed E-state index contributed by atoms with van der Waals surface area (Å²) in [5.41, 5.74) is -0.676. The standard InChI is InChI=1S/C12H21NO4/c1-4-17-10(14)8-9-6-5-7-12(2,13-9)11(15)16-3/h9,13H,4-8H2,1-3H3/t9-,12-/m0/s1. The second-order valence-corrected chi connectivity index (χ2v) is 4.57. The van der Waals surface area contributed by atoms with Crippen molar-refractivity contribution in [3.8, 4) is 0 Å². The summed E-state index contributed by atoms with van der Waals surface area (Å²) in [5.74, 6) is -0.495. The summed E-state index contributed by atoms with van der Waals surface area (Å²) in [6, 6.07) is -0.00750. The number of carbonyl (C=O) groups is 2. The Morgan fingerprint density at radius 1 is 1.47 bits per heavy atom. The van der Waals surface area contributed by atoms with Gasteiger partial charge in [-0.2, -0.15) is 0 Å². The van der Waals surface area contributed by atoms with Crippen molar-refractivity contribution in [2.75, 3.05) is 13.7 Å². The van der Waals surface area contributed by atoms with Gasteiger partial charge >= 0.3 is 11.9 Å². The number of rotatable bonds is 4. The number of methoxy groups -OCH3 is 1. The van der Waals surface area contributed by atoms with Crippen molar-refractivity contribution < 1.29 is 19.1 Å². The highest BCUT2D eigenvalue weighted by Crippen LogP contribution is 2.24. The van der Waals surface area contributed by atoms with Crippen LogP contribution in [-0.2, 0) is 19.1 Å². The molecule has 0 radical (unpaired) electrons. The Labute approximate surface area is 102 Å². The lowest BCUT2D eigenvalue weighted by molar-refractivity contribution is -0.151. The Bertz CT molecular complexity index is 292. The molecule has 2 atom stereocenters. The van der Waals surface area contributed by atoms with Gasteiger partial charge in [-0.05, 0) is 33.1 Å². The van der Waals surface area contributed by atoms with E-state index >= 15 is 0 Å². The van der Waals surface area contributed by atoms with Crippen LogP contribution in [0.25, 0.3) is 0 Å². The second kappa shape index (κ2) is 6.00. The average Bonchev–Trinajstić information content (AvgIpc) is 2.28. The number of esters is 2. The van der Waals surface area contributed by atoms with Gasteiger partial charge in [-0.15, -0.1) is 0 Å². The van der Waals surface area contributed by atoms with Crippen molar-refractivity contribution in [1.82, 2.24) is 5.32 Å². The summed E-state index contributed by atoms with van der Waals surface area (Å²) in [6.45, 7) is 3.99. The van der Waals surface area contributed by atoms with Gasteiger partial charge in [0.1, 0.15) is 5.54 Å². The minimum Gasteiger partial charge on any atom is -0.468 e. The zero-order valence-electron chi connectivity index (χ0n) is 10.7. The molecule has 1 N–H and O–H groups in total. The minimum atomic E-state index is -0.676. The number of hydrogen-bond acceptors (Lipinski definition) is 5. The Morgan fingerprint density at radius 2 is 2.18 bits per heavy atom. The van der Waals surface area contributed by atoms with Crippen LogP contribution in [0.5, 0.6) is 0 Å². The molecule has 0 aromatic carbocycles. The zero-order valence-corrected chi connectivity index (χ0v) is 10.7. The van der Waals surface area contributed by atoms with Crippen molar-refractivity contribution in [1.29, 1.82) is 0 Å². The highest BCUT2D eigenvalue weighted by atomic mass is 16.5. The first-order valence-electron chi connectivity index (χ1n) is 6.03. The molecule has 5 heteroatoms. The third-order valence-corrected chi connectivity index (χ3v) is 3.11.